The maximum atomic E-state index is 13.2. The van der Waals surface area contributed by atoms with Crippen molar-refractivity contribution in [2.45, 2.75) is 51.4 Å². The first-order chi connectivity index (χ1) is 20.0. The van der Waals surface area contributed by atoms with Crippen LogP contribution in [0.2, 0.25) is 0 Å². The van der Waals surface area contributed by atoms with Crippen LogP contribution in [0.5, 0.6) is 5.75 Å². The van der Waals surface area contributed by atoms with E-state index in [1.54, 1.807) is 51.1 Å². The Morgan fingerprint density at radius 3 is 2.40 bits per heavy atom. The predicted octanol–water partition coefficient (Wildman–Crippen LogP) is 3.34. The largest absolute Gasteiger partial charge is 0.496 e. The lowest BCUT2D eigenvalue weighted by Crippen LogP contribution is -2.54. The molecule has 0 aliphatic carbocycles. The van der Waals surface area contributed by atoms with Gasteiger partial charge in [0.05, 0.1) is 31.7 Å². The second-order valence-electron chi connectivity index (χ2n) is 9.88. The van der Waals surface area contributed by atoms with E-state index >= 15 is 0 Å². The number of hydrogen-bond donors (Lipinski definition) is 3. The average molecular weight is 601 g/mol. The molecule has 0 radical (unpaired) electrons. The number of ketones is 1. The molecule has 11 nitrogen and oxygen atoms in total. The van der Waals surface area contributed by atoms with Crippen LogP contribution in [0.4, 0.5) is 4.39 Å². The monoisotopic (exact) mass is 600 g/mol. The van der Waals surface area contributed by atoms with E-state index in [1.807, 2.05) is 0 Å². The van der Waals surface area contributed by atoms with E-state index in [1.165, 1.54) is 31.0 Å². The number of benzene rings is 2. The van der Waals surface area contributed by atoms with Gasteiger partial charge in [-0.05, 0) is 48.7 Å². The maximum absolute atomic E-state index is 13.2. The Bertz CT molecular complexity index is 1410. The standard InChI is InChI=1S/C29H33FN4O7S/c1-16(2)27(33-25(36)12-20-11-19(7-10-24(20)40-4)29-31-17(3)34-41-29)28(39)32-22(13-26(37)38)23(35)15-42-14-18-5-8-21(30)9-6-18/h5-11,16,22,27H,12-15H2,1-4H3,(H,32,39)(H,33,36)(H,37,38). The number of nitrogens with zero attached hydrogens (tertiary/aromatic N) is 2. The van der Waals surface area contributed by atoms with Gasteiger partial charge in [-0.2, -0.15) is 4.98 Å². The molecular formula is C29H33FN4O7S. The summed E-state index contributed by atoms with van der Waals surface area (Å²) < 4.78 is 23.7. The third-order valence-electron chi connectivity index (χ3n) is 6.18. The van der Waals surface area contributed by atoms with Crippen molar-refractivity contribution >= 4 is 35.3 Å². The smallest absolute Gasteiger partial charge is 0.305 e. The average Bonchev–Trinajstić information content (AvgIpc) is 3.38. The first-order valence-electron chi connectivity index (χ1n) is 13.1. The van der Waals surface area contributed by atoms with Gasteiger partial charge in [0.15, 0.2) is 11.6 Å². The number of carboxylic acid groups (broad SMARTS) is 1. The van der Waals surface area contributed by atoms with Crippen LogP contribution >= 0.6 is 11.8 Å². The SMILES string of the molecule is COc1ccc(-c2nc(C)no2)cc1CC(=O)NC(C(=O)NC(CC(=O)O)C(=O)CSCc1ccc(F)cc1)C(C)C. The summed E-state index contributed by atoms with van der Waals surface area (Å²) in [6.07, 6.45) is -0.752. The van der Waals surface area contributed by atoms with Gasteiger partial charge in [0, 0.05) is 16.9 Å². The Hall–Kier alpha value is -4.26. The normalized spacial score (nSPS) is 12.4. The Morgan fingerprint density at radius 1 is 1.10 bits per heavy atom. The number of aliphatic carboxylic acids is 1. The molecule has 2 atom stereocenters. The lowest BCUT2D eigenvalue weighted by molar-refractivity contribution is -0.140. The summed E-state index contributed by atoms with van der Waals surface area (Å²) in [5.74, 6) is -2.14. The first kappa shape index (κ1) is 32.3. The number of halogens is 1. The van der Waals surface area contributed by atoms with E-state index in [4.69, 9.17) is 9.26 Å². The molecule has 2 aromatic carbocycles. The van der Waals surface area contributed by atoms with E-state index in [9.17, 15) is 28.7 Å². The van der Waals surface area contributed by atoms with Gasteiger partial charge in [-0.3, -0.25) is 19.2 Å². The molecular weight excluding hydrogens is 567 g/mol. The molecule has 224 valence electrons. The summed E-state index contributed by atoms with van der Waals surface area (Å²) in [6, 6.07) is 8.55. The lowest BCUT2D eigenvalue weighted by atomic mass is 10.0. The van der Waals surface area contributed by atoms with Gasteiger partial charge in [0.2, 0.25) is 11.8 Å². The number of hydrogen-bond acceptors (Lipinski definition) is 9. The number of carbonyl (C=O) groups excluding carboxylic acids is 3. The van der Waals surface area contributed by atoms with Gasteiger partial charge >= 0.3 is 5.97 Å². The van der Waals surface area contributed by atoms with Crippen molar-refractivity contribution in [2.24, 2.45) is 5.92 Å². The highest BCUT2D eigenvalue weighted by Crippen LogP contribution is 2.26. The number of aryl methyl sites for hydroxylation is 1. The molecule has 0 aliphatic rings. The van der Waals surface area contributed by atoms with E-state index in [0.717, 1.165) is 5.56 Å². The molecule has 3 aromatic rings. The van der Waals surface area contributed by atoms with Crippen LogP contribution in [-0.2, 0) is 31.4 Å². The maximum Gasteiger partial charge on any atom is 0.305 e. The van der Waals surface area contributed by atoms with Gasteiger partial charge in [0.1, 0.15) is 17.6 Å². The highest BCUT2D eigenvalue weighted by molar-refractivity contribution is 7.99. The summed E-state index contributed by atoms with van der Waals surface area (Å²) in [7, 11) is 1.47. The highest BCUT2D eigenvalue weighted by Gasteiger charge is 2.30. The van der Waals surface area contributed by atoms with Crippen molar-refractivity contribution < 1.29 is 37.9 Å². The quantitative estimate of drug-likeness (QED) is 0.236. The number of carbonyl (C=O) groups is 4. The Balaban J connectivity index is 1.65. The molecule has 0 aliphatic heterocycles. The minimum Gasteiger partial charge on any atom is -0.496 e. The number of ether oxygens (including phenoxy) is 1. The zero-order valence-electron chi connectivity index (χ0n) is 23.7. The fourth-order valence-corrected chi connectivity index (χ4v) is 4.96. The van der Waals surface area contributed by atoms with Crippen molar-refractivity contribution in [1.29, 1.82) is 0 Å². The van der Waals surface area contributed by atoms with Gasteiger partial charge in [0.25, 0.3) is 5.89 Å². The van der Waals surface area contributed by atoms with Crippen LogP contribution in [0.25, 0.3) is 11.5 Å². The zero-order chi connectivity index (χ0) is 30.8. The Morgan fingerprint density at radius 2 is 1.81 bits per heavy atom. The van der Waals surface area contributed by atoms with Crippen molar-refractivity contribution in [3.63, 3.8) is 0 Å². The summed E-state index contributed by atoms with van der Waals surface area (Å²) in [5.41, 5.74) is 1.90. The molecule has 1 aromatic heterocycles. The van der Waals surface area contributed by atoms with Gasteiger partial charge in [-0.15, -0.1) is 11.8 Å². The van der Waals surface area contributed by atoms with E-state index in [-0.39, 0.29) is 29.8 Å². The molecule has 1 heterocycles. The van der Waals surface area contributed by atoms with Crippen LogP contribution in [0, 0.1) is 18.7 Å². The fraction of sp³-hybridized carbons (Fsp3) is 0.379. The summed E-state index contributed by atoms with van der Waals surface area (Å²) in [5, 5.41) is 18.3. The molecule has 0 spiro atoms. The molecule has 0 saturated carbocycles. The second-order valence-corrected chi connectivity index (χ2v) is 10.9. The molecule has 3 N–H and O–H groups in total. The minimum absolute atomic E-state index is 0.0655. The van der Waals surface area contributed by atoms with Gasteiger partial charge < -0.3 is 25.0 Å². The third kappa shape index (κ3) is 9.40. The van der Waals surface area contributed by atoms with Gasteiger partial charge in [-0.25, -0.2) is 4.39 Å². The van der Waals surface area contributed by atoms with E-state index in [0.29, 0.717) is 28.5 Å². The van der Waals surface area contributed by atoms with Gasteiger partial charge in [-0.1, -0.05) is 31.1 Å². The predicted molar refractivity (Wildman–Crippen MR) is 153 cm³/mol. The number of nitrogens with one attached hydrogen (secondary N) is 2. The number of rotatable bonds is 15. The zero-order valence-corrected chi connectivity index (χ0v) is 24.5. The molecule has 2 amide bonds. The number of Topliss-reactive ketones (excluding diaryl/α,β-unsaturated/α-hetero) is 1. The van der Waals surface area contributed by atoms with Crippen LogP contribution < -0.4 is 15.4 Å². The third-order valence-corrected chi connectivity index (χ3v) is 7.21. The number of carboxylic acids is 1. The van der Waals surface area contributed by atoms with Crippen molar-refractivity contribution in [2.75, 3.05) is 12.9 Å². The summed E-state index contributed by atoms with van der Waals surface area (Å²) in [4.78, 5) is 54.8. The second kappa shape index (κ2) is 15.1. The number of aromatic nitrogens is 2. The molecule has 0 bridgehead atoms. The number of amides is 2. The van der Waals surface area contributed by atoms with Crippen molar-refractivity contribution in [3.8, 4) is 17.2 Å². The number of methoxy groups -OCH3 is 1. The minimum atomic E-state index is -1.29. The summed E-state index contributed by atoms with van der Waals surface area (Å²) in [6.45, 7) is 5.12. The lowest BCUT2D eigenvalue weighted by Gasteiger charge is -2.25. The molecule has 42 heavy (non-hydrogen) atoms. The Labute approximate surface area is 246 Å². The van der Waals surface area contributed by atoms with Crippen LogP contribution in [-0.4, -0.2) is 63.8 Å². The highest BCUT2D eigenvalue weighted by atomic mass is 32.2. The van der Waals surface area contributed by atoms with Crippen LogP contribution in [0.3, 0.4) is 0 Å². The molecule has 0 saturated heterocycles. The van der Waals surface area contributed by atoms with Crippen LogP contribution in [0.15, 0.2) is 47.0 Å². The Kier molecular flexibility index (Phi) is 11.6. The molecule has 13 heteroatoms. The number of thioether (sulfide) groups is 1. The topological polar surface area (TPSA) is 161 Å². The van der Waals surface area contributed by atoms with E-state index < -0.39 is 42.1 Å². The van der Waals surface area contributed by atoms with Crippen LogP contribution in [0.1, 0.15) is 37.2 Å². The fourth-order valence-electron chi connectivity index (χ4n) is 4.03. The first-order valence-corrected chi connectivity index (χ1v) is 14.3. The summed E-state index contributed by atoms with van der Waals surface area (Å²) >= 11 is 1.22. The van der Waals surface area contributed by atoms with Crippen molar-refractivity contribution in [1.82, 2.24) is 20.8 Å². The van der Waals surface area contributed by atoms with Crippen molar-refractivity contribution in [3.05, 3.63) is 65.2 Å². The van der Waals surface area contributed by atoms with E-state index in [2.05, 4.69) is 20.8 Å². The molecule has 0 fully saturated rings. The molecule has 2 unspecified atom stereocenters. The molecule has 3 rings (SSSR count).